The number of hydrogen-bond donors (Lipinski definition) is 2. The third-order valence-electron chi connectivity index (χ3n) is 0.572. The van der Waals surface area contributed by atoms with Gasteiger partial charge in [-0.1, -0.05) is 6.08 Å². The van der Waals surface area contributed by atoms with Gasteiger partial charge in [0.15, 0.2) is 0 Å². The van der Waals surface area contributed by atoms with Gasteiger partial charge in [-0.15, -0.1) is 6.58 Å². The van der Waals surface area contributed by atoms with Crippen molar-refractivity contribution in [1.29, 1.82) is 0 Å². The molecule has 0 unspecified atom stereocenters. The number of rotatable bonds is 3. The van der Waals surface area contributed by atoms with Crippen molar-refractivity contribution in [2.75, 3.05) is 0 Å². The van der Waals surface area contributed by atoms with Gasteiger partial charge < -0.3 is 0 Å². The summed E-state index contributed by atoms with van der Waals surface area (Å²) >= 11 is 7.93. The van der Waals surface area contributed by atoms with E-state index in [-0.39, 0.29) is 0 Å². The molecule has 0 N–H and O–H groups in total. The van der Waals surface area contributed by atoms with Crippen molar-refractivity contribution in [3.63, 3.8) is 0 Å². The lowest BCUT2D eigenvalue weighted by Gasteiger charge is -1.94. The molecule has 0 aliphatic rings. The predicted molar refractivity (Wildman–Crippen MR) is 40.6 cm³/mol. The smallest absolute Gasteiger partial charge is 0.0787 e. The van der Waals surface area contributed by atoms with E-state index in [1.54, 1.807) is 0 Å². The Morgan fingerprint density at radius 1 is 1.57 bits per heavy atom. The van der Waals surface area contributed by atoms with Crippen LogP contribution in [-0.4, -0.2) is 0 Å². The molecule has 0 rings (SSSR count). The van der Waals surface area contributed by atoms with Crippen molar-refractivity contribution in [3.05, 3.63) is 17.2 Å². The van der Waals surface area contributed by atoms with Gasteiger partial charge in [0.1, 0.15) is 0 Å². The van der Waals surface area contributed by atoms with Gasteiger partial charge in [-0.3, -0.25) is 0 Å². The van der Waals surface area contributed by atoms with Crippen molar-refractivity contribution < 1.29 is 0 Å². The lowest BCUT2D eigenvalue weighted by Crippen LogP contribution is -1.71. The minimum atomic E-state index is 0.875. The molecule has 0 heterocycles. The maximum Gasteiger partial charge on any atom is 0.0787 e. The van der Waals surface area contributed by atoms with E-state index in [2.05, 4.69) is 31.8 Å². The number of allylic oxidation sites excluding steroid dienone is 1. The maximum absolute atomic E-state index is 3.97. The molecular weight excluding hydrogens is 124 g/mol. The third-order valence-corrected chi connectivity index (χ3v) is 1.02. The van der Waals surface area contributed by atoms with E-state index in [0.717, 1.165) is 17.4 Å². The summed E-state index contributed by atoms with van der Waals surface area (Å²) in [7, 11) is 0. The molecule has 0 atom stereocenters. The van der Waals surface area contributed by atoms with Crippen LogP contribution in [0.4, 0.5) is 0 Å². The summed E-state index contributed by atoms with van der Waals surface area (Å²) in [4.78, 5) is 0. The van der Waals surface area contributed by atoms with Crippen LogP contribution in [-0.2, 0) is 0 Å². The molecule has 0 nitrogen and oxygen atoms in total. The van der Waals surface area contributed by atoms with Crippen molar-refractivity contribution in [1.82, 2.24) is 0 Å². The highest BCUT2D eigenvalue weighted by molar-refractivity contribution is 8.03. The van der Waals surface area contributed by atoms with Crippen LogP contribution in [0.3, 0.4) is 0 Å². The normalized spacial score (nSPS) is 9.57. The van der Waals surface area contributed by atoms with Gasteiger partial charge in [0.2, 0.25) is 0 Å². The first kappa shape index (κ1) is 7.44. The van der Waals surface area contributed by atoms with Crippen LogP contribution in [0.2, 0.25) is 0 Å². The Balaban J connectivity index is 2.81. The van der Waals surface area contributed by atoms with Gasteiger partial charge >= 0.3 is 0 Å². The minimum Gasteiger partial charge on any atom is -0.159 e. The fourth-order valence-corrected chi connectivity index (χ4v) is 0.489. The molecule has 0 spiro atoms. The van der Waals surface area contributed by atoms with Gasteiger partial charge in [0, 0.05) is 0 Å². The molecular formula is C5H9S2. The van der Waals surface area contributed by atoms with Crippen LogP contribution >= 0.6 is 25.3 Å². The first-order valence-corrected chi connectivity index (χ1v) is 3.01. The topological polar surface area (TPSA) is 0 Å². The Kier molecular flexibility index (Phi) is 4.88. The van der Waals surface area contributed by atoms with Crippen molar-refractivity contribution in [2.24, 2.45) is 0 Å². The molecule has 2 heteroatoms. The summed E-state index contributed by atoms with van der Waals surface area (Å²) in [6.45, 7) is 3.55. The molecule has 0 aromatic carbocycles. The zero-order valence-corrected chi connectivity index (χ0v) is 5.88. The Morgan fingerprint density at radius 2 is 2.14 bits per heavy atom. The highest BCUT2D eigenvalue weighted by atomic mass is 32.2. The van der Waals surface area contributed by atoms with Gasteiger partial charge in [-0.25, -0.2) is 0 Å². The molecule has 0 saturated carbocycles. The second-order valence-corrected chi connectivity index (χ2v) is 2.68. The molecule has 0 aromatic heterocycles. The third kappa shape index (κ3) is 6.44. The summed E-state index contributed by atoms with van der Waals surface area (Å²) in [5.41, 5.74) is 0. The molecule has 0 aromatic rings. The van der Waals surface area contributed by atoms with Crippen LogP contribution in [0.15, 0.2) is 12.7 Å². The first-order chi connectivity index (χ1) is 3.27. The summed E-state index contributed by atoms with van der Waals surface area (Å²) < 4.78 is 0.875. The standard InChI is InChI=1S/C5H9S2/c1-2-3-4-5(6)7/h2,6-7H,1,3-4H2. The fraction of sp³-hybridized carbons (Fsp3) is 0.400. The van der Waals surface area contributed by atoms with E-state index < -0.39 is 0 Å². The lowest BCUT2D eigenvalue weighted by atomic mass is 10.3. The number of hydrogen-bond acceptors (Lipinski definition) is 2. The monoisotopic (exact) mass is 133 g/mol. The van der Waals surface area contributed by atoms with Gasteiger partial charge in [-0.2, -0.15) is 25.3 Å². The number of thiol groups is 2. The largest absolute Gasteiger partial charge is 0.159 e. The molecule has 0 saturated heterocycles. The van der Waals surface area contributed by atoms with Crippen LogP contribution in [0.5, 0.6) is 0 Å². The molecule has 0 aliphatic heterocycles. The summed E-state index contributed by atoms with van der Waals surface area (Å²) in [5, 5.41) is 0. The van der Waals surface area contributed by atoms with E-state index >= 15 is 0 Å². The van der Waals surface area contributed by atoms with Crippen molar-refractivity contribution in [3.8, 4) is 0 Å². The fourth-order valence-electron chi connectivity index (χ4n) is 0.231. The van der Waals surface area contributed by atoms with Crippen molar-refractivity contribution in [2.45, 2.75) is 12.8 Å². The highest BCUT2D eigenvalue weighted by Gasteiger charge is 1.90. The second-order valence-electron chi connectivity index (χ2n) is 1.24. The quantitative estimate of drug-likeness (QED) is 0.428. The van der Waals surface area contributed by atoms with E-state index in [4.69, 9.17) is 0 Å². The Labute approximate surface area is 55.8 Å². The molecule has 0 bridgehead atoms. The van der Waals surface area contributed by atoms with Crippen LogP contribution < -0.4 is 0 Å². The molecule has 0 aliphatic carbocycles. The molecule has 7 heavy (non-hydrogen) atoms. The Hall–Kier alpha value is 0.440. The van der Waals surface area contributed by atoms with Crippen LogP contribution in [0.25, 0.3) is 0 Å². The SMILES string of the molecule is C=CCC[C](S)S. The second kappa shape index (κ2) is 4.60. The average Bonchev–Trinajstić information content (AvgIpc) is 1.61. The van der Waals surface area contributed by atoms with Crippen LogP contribution in [0.1, 0.15) is 12.8 Å². The van der Waals surface area contributed by atoms with E-state index in [0.29, 0.717) is 0 Å². The average molecular weight is 133 g/mol. The maximum atomic E-state index is 3.97. The zero-order chi connectivity index (χ0) is 5.70. The van der Waals surface area contributed by atoms with E-state index in [9.17, 15) is 0 Å². The van der Waals surface area contributed by atoms with E-state index in [1.807, 2.05) is 6.08 Å². The van der Waals surface area contributed by atoms with E-state index in [1.165, 1.54) is 0 Å². The summed E-state index contributed by atoms with van der Waals surface area (Å²) in [6.07, 6.45) is 3.75. The van der Waals surface area contributed by atoms with Crippen molar-refractivity contribution >= 4 is 25.3 Å². The Morgan fingerprint density at radius 3 is 2.29 bits per heavy atom. The van der Waals surface area contributed by atoms with Gasteiger partial charge in [-0.05, 0) is 12.8 Å². The summed E-state index contributed by atoms with van der Waals surface area (Å²) in [6, 6.07) is 0. The molecule has 0 amide bonds. The van der Waals surface area contributed by atoms with Gasteiger partial charge in [0.05, 0.1) is 4.58 Å². The predicted octanol–water partition coefficient (Wildman–Crippen LogP) is 2.30. The van der Waals surface area contributed by atoms with Gasteiger partial charge in [0.25, 0.3) is 0 Å². The summed E-state index contributed by atoms with van der Waals surface area (Å²) in [5.74, 6) is 0. The lowest BCUT2D eigenvalue weighted by molar-refractivity contribution is 1.02. The minimum absolute atomic E-state index is 0.875. The molecule has 0 fully saturated rings. The van der Waals surface area contributed by atoms with Crippen LogP contribution in [0, 0.1) is 4.58 Å². The highest BCUT2D eigenvalue weighted by Crippen LogP contribution is 2.16. The first-order valence-electron chi connectivity index (χ1n) is 2.12. The Bertz CT molecular complexity index is 50.0. The molecule has 1 radical (unpaired) electrons. The zero-order valence-electron chi connectivity index (χ0n) is 4.09. The molecule has 41 valence electrons.